The zero-order chi connectivity index (χ0) is 21.4. The predicted molar refractivity (Wildman–Crippen MR) is 115 cm³/mol. The van der Waals surface area contributed by atoms with E-state index in [9.17, 15) is 4.79 Å². The molecule has 1 aliphatic rings. The van der Waals surface area contributed by atoms with Crippen molar-refractivity contribution in [1.29, 1.82) is 0 Å². The molecule has 0 saturated carbocycles. The van der Waals surface area contributed by atoms with Gasteiger partial charge < -0.3 is 15.2 Å². The van der Waals surface area contributed by atoms with E-state index in [1.807, 2.05) is 61.6 Å². The lowest BCUT2D eigenvalue weighted by atomic mass is 10.0. The number of nitrogens with two attached hydrogens (primary N) is 1. The molecule has 1 aliphatic heterocycles. The summed E-state index contributed by atoms with van der Waals surface area (Å²) in [4.78, 5) is 26.4. The van der Waals surface area contributed by atoms with Gasteiger partial charge in [0.1, 0.15) is 23.7 Å². The van der Waals surface area contributed by atoms with E-state index in [2.05, 4.69) is 10.2 Å². The molecule has 4 heterocycles. The monoisotopic (exact) mass is 406 g/mol. The quantitative estimate of drug-likeness (QED) is 0.670. The van der Waals surface area contributed by atoms with Crippen molar-refractivity contribution >= 4 is 17.5 Å². The van der Waals surface area contributed by atoms with E-state index in [1.165, 1.54) is 0 Å². The smallest absolute Gasteiger partial charge is 0.260 e. The summed E-state index contributed by atoms with van der Waals surface area (Å²) in [6.45, 7) is 7.86. The Hall–Kier alpha value is -3.33. The maximum Gasteiger partial charge on any atom is 0.260 e. The van der Waals surface area contributed by atoms with Crippen molar-refractivity contribution in [2.75, 3.05) is 23.4 Å². The molecule has 9 heteroatoms. The normalized spacial score (nSPS) is 14.2. The molecule has 0 bridgehead atoms. The van der Waals surface area contributed by atoms with Gasteiger partial charge in [0, 0.05) is 31.7 Å². The van der Waals surface area contributed by atoms with E-state index < -0.39 is 0 Å². The molecule has 9 nitrogen and oxygen atoms in total. The van der Waals surface area contributed by atoms with E-state index in [1.54, 1.807) is 11.2 Å². The minimum atomic E-state index is -0.279. The molecule has 1 unspecified atom stereocenters. The van der Waals surface area contributed by atoms with Crippen molar-refractivity contribution in [2.24, 2.45) is 5.73 Å². The first kappa shape index (κ1) is 20.0. The Morgan fingerprint density at radius 2 is 2.07 bits per heavy atom. The fraction of sp³-hybridized carbons (Fsp3) is 0.381. The first-order valence-corrected chi connectivity index (χ1v) is 10.1. The fourth-order valence-corrected chi connectivity index (χ4v) is 3.61. The van der Waals surface area contributed by atoms with Gasteiger partial charge in [0.05, 0.1) is 17.8 Å². The summed E-state index contributed by atoms with van der Waals surface area (Å²) in [6.07, 6.45) is 1.67. The van der Waals surface area contributed by atoms with Crippen LogP contribution >= 0.6 is 0 Å². The second-order valence-corrected chi connectivity index (χ2v) is 7.41. The van der Waals surface area contributed by atoms with Gasteiger partial charge in [0.25, 0.3) is 5.91 Å². The van der Waals surface area contributed by atoms with Gasteiger partial charge in [-0.3, -0.25) is 9.69 Å². The lowest BCUT2D eigenvalue weighted by molar-refractivity contribution is 0.0996. The van der Waals surface area contributed by atoms with E-state index in [-0.39, 0.29) is 11.9 Å². The van der Waals surface area contributed by atoms with Crippen molar-refractivity contribution in [3.05, 3.63) is 47.4 Å². The highest BCUT2D eigenvalue weighted by Gasteiger charge is 2.34. The molecule has 1 atom stereocenters. The molecule has 4 rings (SSSR count). The van der Waals surface area contributed by atoms with Crippen LogP contribution < -0.4 is 15.5 Å². The van der Waals surface area contributed by atoms with Crippen LogP contribution in [-0.4, -0.2) is 44.2 Å². The van der Waals surface area contributed by atoms with Gasteiger partial charge in [-0.2, -0.15) is 0 Å². The number of fused-ring (bicyclic) bond motifs is 1. The highest BCUT2D eigenvalue weighted by Crippen LogP contribution is 2.33. The molecule has 2 N–H and O–H groups in total. The first-order chi connectivity index (χ1) is 14.4. The zero-order valence-corrected chi connectivity index (χ0v) is 17.7. The number of pyridine rings is 2. The van der Waals surface area contributed by atoms with Gasteiger partial charge in [-0.05, 0) is 39.0 Å². The second-order valence-electron chi connectivity index (χ2n) is 7.41. The number of nitrogens with zero attached hydrogens (tertiary/aromatic N) is 7. The summed E-state index contributed by atoms with van der Waals surface area (Å²) in [6, 6.07) is 7.15. The van der Waals surface area contributed by atoms with Crippen molar-refractivity contribution in [3.8, 4) is 11.5 Å². The summed E-state index contributed by atoms with van der Waals surface area (Å²) >= 11 is 0. The van der Waals surface area contributed by atoms with Crippen LogP contribution in [0.1, 0.15) is 48.4 Å². The lowest BCUT2D eigenvalue weighted by Gasteiger charge is -2.19. The minimum Gasteiger partial charge on any atom is -0.360 e. The Morgan fingerprint density at radius 1 is 1.27 bits per heavy atom. The van der Waals surface area contributed by atoms with E-state index in [4.69, 9.17) is 15.7 Å². The number of carbonyl (C=O) groups is 1. The molecular formula is C21H26N8O. The van der Waals surface area contributed by atoms with Crippen LogP contribution in [0.25, 0.3) is 11.5 Å². The Labute approximate surface area is 175 Å². The van der Waals surface area contributed by atoms with Crippen molar-refractivity contribution in [3.63, 3.8) is 0 Å². The van der Waals surface area contributed by atoms with E-state index in [0.29, 0.717) is 29.4 Å². The lowest BCUT2D eigenvalue weighted by Crippen LogP contribution is -2.24. The Kier molecular flexibility index (Phi) is 5.21. The number of aromatic nitrogens is 5. The number of hydrogen-bond donors (Lipinski definition) is 1. The van der Waals surface area contributed by atoms with Crippen LogP contribution in [0, 0.1) is 0 Å². The van der Waals surface area contributed by atoms with Gasteiger partial charge in [0.15, 0.2) is 5.82 Å². The summed E-state index contributed by atoms with van der Waals surface area (Å²) in [5.74, 6) is 1.90. The van der Waals surface area contributed by atoms with E-state index >= 15 is 0 Å². The largest absolute Gasteiger partial charge is 0.360 e. The third-order valence-corrected chi connectivity index (χ3v) is 5.43. The molecule has 1 amide bonds. The highest BCUT2D eigenvalue weighted by molar-refractivity contribution is 6.10. The van der Waals surface area contributed by atoms with Crippen molar-refractivity contribution in [1.82, 2.24) is 24.7 Å². The third kappa shape index (κ3) is 3.30. The summed E-state index contributed by atoms with van der Waals surface area (Å²) in [5, 5.41) is 8.15. The van der Waals surface area contributed by atoms with Crippen LogP contribution in [-0.2, 0) is 13.1 Å². The topological polar surface area (TPSA) is 106 Å². The highest BCUT2D eigenvalue weighted by atomic mass is 16.2. The zero-order valence-electron chi connectivity index (χ0n) is 17.7. The van der Waals surface area contributed by atoms with Gasteiger partial charge >= 0.3 is 0 Å². The number of carbonyl (C=O) groups excluding carboxylic acids is 1. The average Bonchev–Trinajstić information content (AvgIpc) is 3.37. The van der Waals surface area contributed by atoms with Gasteiger partial charge in [-0.15, -0.1) is 10.2 Å². The van der Waals surface area contributed by atoms with Crippen LogP contribution in [0.3, 0.4) is 0 Å². The fourth-order valence-electron chi connectivity index (χ4n) is 3.61. The second kappa shape index (κ2) is 7.83. The van der Waals surface area contributed by atoms with Gasteiger partial charge in [-0.25, -0.2) is 9.97 Å². The molecule has 0 spiro atoms. The number of aryl methyl sites for hydroxylation is 1. The molecule has 156 valence electrons. The summed E-state index contributed by atoms with van der Waals surface area (Å²) in [7, 11) is 1.95. The molecule has 0 fully saturated rings. The Balaban J connectivity index is 1.74. The number of anilines is 2. The third-order valence-electron chi connectivity index (χ3n) is 5.43. The standard InChI is InChI=1S/C21H26N8O/c1-5-27(4)18-10-14-15(19(25-18)13(3)22)11-29(21(14)30)17-9-7-8-16(24-17)20-26-23-12-28(20)6-2/h7-10,12-13H,5-6,11,22H2,1-4H3. The Morgan fingerprint density at radius 3 is 2.77 bits per heavy atom. The minimum absolute atomic E-state index is 0.0957. The molecule has 30 heavy (non-hydrogen) atoms. The molecular weight excluding hydrogens is 380 g/mol. The number of hydrogen-bond acceptors (Lipinski definition) is 7. The van der Waals surface area contributed by atoms with Crippen LogP contribution in [0.4, 0.5) is 11.6 Å². The van der Waals surface area contributed by atoms with Gasteiger partial charge in [0.2, 0.25) is 0 Å². The predicted octanol–water partition coefficient (Wildman–Crippen LogP) is 2.39. The molecule has 3 aromatic heterocycles. The first-order valence-electron chi connectivity index (χ1n) is 10.1. The molecule has 0 aromatic carbocycles. The molecule has 0 aliphatic carbocycles. The SMILES string of the molecule is CCN(C)c1cc2c(c(C(C)N)n1)CN(c1cccc(-c3nncn3CC)n1)C2=O. The maximum absolute atomic E-state index is 13.3. The number of rotatable bonds is 6. The van der Waals surface area contributed by atoms with Crippen molar-refractivity contribution < 1.29 is 4.79 Å². The molecule has 0 radical (unpaired) electrons. The van der Waals surface area contributed by atoms with Crippen LogP contribution in [0.15, 0.2) is 30.6 Å². The van der Waals surface area contributed by atoms with Crippen LogP contribution in [0.2, 0.25) is 0 Å². The Bertz CT molecular complexity index is 1090. The van der Waals surface area contributed by atoms with E-state index in [0.717, 1.165) is 30.2 Å². The molecule has 3 aromatic rings. The van der Waals surface area contributed by atoms with Gasteiger partial charge in [-0.1, -0.05) is 6.07 Å². The average molecular weight is 406 g/mol. The van der Waals surface area contributed by atoms with Crippen molar-refractivity contribution in [2.45, 2.75) is 39.9 Å². The maximum atomic E-state index is 13.3. The molecule has 0 saturated heterocycles. The summed E-state index contributed by atoms with van der Waals surface area (Å²) < 4.78 is 1.91. The number of amides is 1. The van der Waals surface area contributed by atoms with Crippen LogP contribution in [0.5, 0.6) is 0 Å². The summed E-state index contributed by atoms with van der Waals surface area (Å²) in [5.41, 5.74) is 9.13.